The van der Waals surface area contributed by atoms with Crippen LogP contribution in [0.4, 0.5) is 0 Å². The predicted octanol–water partition coefficient (Wildman–Crippen LogP) is 3.80. The Kier molecular flexibility index (Phi) is 4.48. The van der Waals surface area contributed by atoms with Crippen molar-refractivity contribution < 1.29 is 4.79 Å². The van der Waals surface area contributed by atoms with Gasteiger partial charge in [0.15, 0.2) is 0 Å². The summed E-state index contributed by atoms with van der Waals surface area (Å²) in [6.07, 6.45) is 5.43. The Morgan fingerprint density at radius 2 is 2.05 bits per heavy atom. The second-order valence-corrected chi connectivity index (χ2v) is 5.75. The molecule has 0 spiro atoms. The van der Waals surface area contributed by atoms with Crippen molar-refractivity contribution >= 4 is 16.8 Å². The minimum atomic E-state index is -0.0854. The van der Waals surface area contributed by atoms with Gasteiger partial charge in [-0.1, -0.05) is 38.5 Å². The van der Waals surface area contributed by atoms with Crippen molar-refractivity contribution in [1.29, 1.82) is 0 Å². The maximum atomic E-state index is 12.3. The highest BCUT2D eigenvalue weighted by Gasteiger charge is 2.23. The largest absolute Gasteiger partial charge is 0.361 e. The second kappa shape index (κ2) is 6.12. The molecular formula is C17H24N2O. The summed E-state index contributed by atoms with van der Waals surface area (Å²) in [5.74, 6) is 0.104. The molecule has 3 heteroatoms. The maximum absolute atomic E-state index is 12.3. The summed E-state index contributed by atoms with van der Waals surface area (Å²) < 4.78 is 0. The van der Waals surface area contributed by atoms with Gasteiger partial charge in [0.25, 0.3) is 0 Å². The zero-order chi connectivity index (χ0) is 14.6. The maximum Gasteiger partial charge on any atom is 0.224 e. The van der Waals surface area contributed by atoms with Gasteiger partial charge in [0, 0.05) is 22.6 Å². The zero-order valence-corrected chi connectivity index (χ0v) is 12.6. The molecule has 0 radical (unpaired) electrons. The monoisotopic (exact) mass is 272 g/mol. The van der Waals surface area contributed by atoms with Gasteiger partial charge in [-0.05, 0) is 31.4 Å². The molecule has 20 heavy (non-hydrogen) atoms. The molecule has 3 nitrogen and oxygen atoms in total. The van der Waals surface area contributed by atoms with Crippen molar-refractivity contribution in [2.45, 2.75) is 52.0 Å². The first-order valence-corrected chi connectivity index (χ1v) is 7.44. The Hall–Kier alpha value is -1.77. The fourth-order valence-corrected chi connectivity index (χ4v) is 2.71. The first kappa shape index (κ1) is 14.6. The fourth-order valence-electron chi connectivity index (χ4n) is 2.71. The summed E-state index contributed by atoms with van der Waals surface area (Å²) in [4.78, 5) is 15.5. The molecule has 0 fully saturated rings. The molecule has 2 rings (SSSR count). The van der Waals surface area contributed by atoms with Crippen LogP contribution in [-0.4, -0.2) is 16.4 Å². The number of hydrogen-bond donors (Lipinski definition) is 2. The zero-order valence-electron chi connectivity index (χ0n) is 12.6. The van der Waals surface area contributed by atoms with Crippen LogP contribution >= 0.6 is 0 Å². The third-order valence-electron chi connectivity index (χ3n) is 4.05. The normalized spacial score (nSPS) is 14.2. The van der Waals surface area contributed by atoms with E-state index in [1.165, 1.54) is 0 Å². The molecule has 1 heterocycles. The third-order valence-corrected chi connectivity index (χ3v) is 4.05. The van der Waals surface area contributed by atoms with Gasteiger partial charge in [0.1, 0.15) is 0 Å². The first-order valence-electron chi connectivity index (χ1n) is 7.44. The molecule has 0 aliphatic carbocycles. The molecule has 0 saturated carbocycles. The van der Waals surface area contributed by atoms with E-state index in [9.17, 15) is 4.79 Å². The highest BCUT2D eigenvalue weighted by atomic mass is 16.1. The lowest BCUT2D eigenvalue weighted by Crippen LogP contribution is -2.46. The lowest BCUT2D eigenvalue weighted by molar-refractivity contribution is -0.122. The lowest BCUT2D eigenvalue weighted by Gasteiger charge is -2.29. The average Bonchev–Trinajstić information content (AvgIpc) is 2.82. The molecule has 0 saturated heterocycles. The van der Waals surface area contributed by atoms with Crippen molar-refractivity contribution in [2.24, 2.45) is 0 Å². The van der Waals surface area contributed by atoms with Crippen LogP contribution in [0.5, 0.6) is 0 Å². The van der Waals surface area contributed by atoms with Crippen LogP contribution in [0.25, 0.3) is 10.9 Å². The summed E-state index contributed by atoms with van der Waals surface area (Å²) in [6.45, 7) is 6.41. The number of H-pyrrole nitrogens is 1. The van der Waals surface area contributed by atoms with E-state index >= 15 is 0 Å². The second-order valence-electron chi connectivity index (χ2n) is 5.75. The third kappa shape index (κ3) is 3.21. The van der Waals surface area contributed by atoms with E-state index in [0.717, 1.165) is 35.7 Å². The molecule has 1 aromatic heterocycles. The van der Waals surface area contributed by atoms with Crippen molar-refractivity contribution in [1.82, 2.24) is 10.3 Å². The molecule has 0 aliphatic heterocycles. The van der Waals surface area contributed by atoms with Crippen LogP contribution in [0.3, 0.4) is 0 Å². The molecule has 1 atom stereocenters. The van der Waals surface area contributed by atoms with Crippen LogP contribution in [0.1, 0.15) is 45.6 Å². The van der Waals surface area contributed by atoms with Crippen molar-refractivity contribution in [3.8, 4) is 0 Å². The molecule has 2 N–H and O–H groups in total. The van der Waals surface area contributed by atoms with Gasteiger partial charge in [-0.3, -0.25) is 4.79 Å². The van der Waals surface area contributed by atoms with Crippen LogP contribution in [0.15, 0.2) is 30.5 Å². The number of hydrogen-bond acceptors (Lipinski definition) is 1. The van der Waals surface area contributed by atoms with Gasteiger partial charge in [0.2, 0.25) is 5.91 Å². The quantitative estimate of drug-likeness (QED) is 0.825. The molecule has 0 bridgehead atoms. The van der Waals surface area contributed by atoms with E-state index in [4.69, 9.17) is 0 Å². The Morgan fingerprint density at radius 3 is 2.75 bits per heavy atom. The number of amides is 1. The SMILES string of the molecule is CCCC(C)(CC)NC(=O)Cc1c[nH]c2ccccc12. The number of benzene rings is 1. The number of carbonyl (C=O) groups excluding carboxylic acids is 1. The summed E-state index contributed by atoms with van der Waals surface area (Å²) >= 11 is 0. The van der Waals surface area contributed by atoms with Crippen LogP contribution in [0, 0.1) is 0 Å². The number of aromatic nitrogens is 1. The molecule has 1 amide bonds. The molecule has 2 aromatic rings. The number of nitrogens with one attached hydrogen (secondary N) is 2. The summed E-state index contributed by atoms with van der Waals surface area (Å²) in [5.41, 5.74) is 2.06. The van der Waals surface area contributed by atoms with E-state index in [0.29, 0.717) is 6.42 Å². The van der Waals surface area contributed by atoms with Gasteiger partial charge >= 0.3 is 0 Å². The van der Waals surface area contributed by atoms with Crippen molar-refractivity contribution in [3.63, 3.8) is 0 Å². The van der Waals surface area contributed by atoms with Crippen LogP contribution < -0.4 is 5.32 Å². The highest BCUT2D eigenvalue weighted by molar-refractivity contribution is 5.89. The minimum Gasteiger partial charge on any atom is -0.361 e. The summed E-state index contributed by atoms with van der Waals surface area (Å²) in [7, 11) is 0. The fraction of sp³-hybridized carbons (Fsp3) is 0.471. The van der Waals surface area contributed by atoms with Crippen molar-refractivity contribution in [2.75, 3.05) is 0 Å². The van der Waals surface area contributed by atoms with E-state index in [1.54, 1.807) is 0 Å². The van der Waals surface area contributed by atoms with E-state index in [1.807, 2.05) is 24.4 Å². The van der Waals surface area contributed by atoms with Crippen LogP contribution in [0.2, 0.25) is 0 Å². The van der Waals surface area contributed by atoms with Crippen molar-refractivity contribution in [3.05, 3.63) is 36.0 Å². The Labute approximate surface area is 120 Å². The number of aromatic amines is 1. The number of fused-ring (bicyclic) bond motifs is 1. The predicted molar refractivity (Wildman–Crippen MR) is 83.7 cm³/mol. The molecule has 108 valence electrons. The Morgan fingerprint density at radius 1 is 1.30 bits per heavy atom. The highest BCUT2D eigenvalue weighted by Crippen LogP contribution is 2.20. The standard InChI is InChI=1S/C17H24N2O/c1-4-10-17(3,5-2)19-16(20)11-13-12-18-15-9-7-6-8-14(13)15/h6-9,12,18H,4-5,10-11H2,1-3H3,(H,19,20). The summed E-state index contributed by atoms with van der Waals surface area (Å²) in [6, 6.07) is 8.09. The number of para-hydroxylation sites is 1. The average molecular weight is 272 g/mol. The number of rotatable bonds is 6. The lowest BCUT2D eigenvalue weighted by atomic mass is 9.92. The van der Waals surface area contributed by atoms with Gasteiger partial charge in [0.05, 0.1) is 6.42 Å². The van der Waals surface area contributed by atoms with Crippen LogP contribution in [-0.2, 0) is 11.2 Å². The molecule has 0 aliphatic rings. The van der Waals surface area contributed by atoms with E-state index in [2.05, 4.69) is 37.1 Å². The van der Waals surface area contributed by atoms with Gasteiger partial charge in [-0.15, -0.1) is 0 Å². The van der Waals surface area contributed by atoms with E-state index < -0.39 is 0 Å². The molecule has 1 aromatic carbocycles. The smallest absolute Gasteiger partial charge is 0.224 e. The first-order chi connectivity index (χ1) is 9.58. The number of carbonyl (C=O) groups is 1. The van der Waals surface area contributed by atoms with Gasteiger partial charge in [-0.25, -0.2) is 0 Å². The Bertz CT molecular complexity index is 587. The Balaban J connectivity index is 2.08. The topological polar surface area (TPSA) is 44.9 Å². The molecule has 1 unspecified atom stereocenters. The van der Waals surface area contributed by atoms with Gasteiger partial charge in [-0.2, -0.15) is 0 Å². The van der Waals surface area contributed by atoms with Gasteiger partial charge < -0.3 is 10.3 Å². The van der Waals surface area contributed by atoms with E-state index in [-0.39, 0.29) is 11.4 Å². The minimum absolute atomic E-state index is 0.0854. The summed E-state index contributed by atoms with van der Waals surface area (Å²) in [5, 5.41) is 4.33. The molecular weight excluding hydrogens is 248 g/mol.